The van der Waals surface area contributed by atoms with Gasteiger partial charge in [0.1, 0.15) is 5.75 Å². The van der Waals surface area contributed by atoms with E-state index in [-0.39, 0.29) is 40.1 Å². The molecule has 0 radical (unpaired) electrons. The Morgan fingerprint density at radius 2 is 1.51 bits per heavy atom. The van der Waals surface area contributed by atoms with Crippen LogP contribution in [0.1, 0.15) is 22.3 Å². The van der Waals surface area contributed by atoms with E-state index in [4.69, 9.17) is 4.74 Å². The lowest BCUT2D eigenvalue weighted by atomic mass is 9.85. The number of nitro benzene ring substituents is 2. The molecule has 5 rings (SSSR count). The van der Waals surface area contributed by atoms with E-state index in [9.17, 15) is 34.6 Å². The van der Waals surface area contributed by atoms with Gasteiger partial charge in [-0.2, -0.15) is 10.1 Å². The Kier molecular flexibility index (Phi) is 5.20. The maximum atomic E-state index is 12.8. The standard InChI is InChI=1S/C23H16N4O8/c28-21-19-13-1-2-14(9-13)20(19)22(29)25(21)24-11-15-10-17(27(33)34)7-8-18(15)35-23(30)12-3-5-16(6-4-12)26(31)32/h1-8,10-11,13-14,19-20H,9H2/t13-,14-,19-,20+/m0/s1. The highest BCUT2D eigenvalue weighted by Crippen LogP contribution is 2.52. The molecule has 2 amide bonds. The third kappa shape index (κ3) is 3.74. The Bertz CT molecular complexity index is 1320. The predicted molar refractivity (Wildman–Crippen MR) is 118 cm³/mol. The van der Waals surface area contributed by atoms with Crippen molar-refractivity contribution in [3.63, 3.8) is 0 Å². The van der Waals surface area contributed by atoms with Crippen LogP contribution in [0.3, 0.4) is 0 Å². The highest BCUT2D eigenvalue weighted by atomic mass is 16.6. The number of hydrogen-bond donors (Lipinski definition) is 0. The lowest BCUT2D eigenvalue weighted by Gasteiger charge is -2.13. The van der Waals surface area contributed by atoms with Crippen LogP contribution in [0.4, 0.5) is 11.4 Å². The van der Waals surface area contributed by atoms with Crippen molar-refractivity contribution in [3.8, 4) is 5.75 Å². The largest absolute Gasteiger partial charge is 0.422 e. The molecule has 12 nitrogen and oxygen atoms in total. The zero-order valence-electron chi connectivity index (χ0n) is 17.8. The van der Waals surface area contributed by atoms with Gasteiger partial charge >= 0.3 is 5.97 Å². The van der Waals surface area contributed by atoms with E-state index in [2.05, 4.69) is 5.10 Å². The molecular formula is C23H16N4O8. The highest BCUT2D eigenvalue weighted by Gasteiger charge is 2.59. The second kappa shape index (κ2) is 8.24. The Balaban J connectivity index is 1.41. The van der Waals surface area contributed by atoms with E-state index < -0.39 is 39.5 Å². The first-order valence-corrected chi connectivity index (χ1v) is 10.6. The van der Waals surface area contributed by atoms with Crippen molar-refractivity contribution in [2.75, 3.05) is 0 Å². The van der Waals surface area contributed by atoms with E-state index in [1.165, 1.54) is 18.2 Å². The van der Waals surface area contributed by atoms with Crippen LogP contribution in [-0.4, -0.2) is 38.9 Å². The average molecular weight is 476 g/mol. The molecule has 1 saturated heterocycles. The monoisotopic (exact) mass is 476 g/mol. The zero-order chi connectivity index (χ0) is 24.9. The fourth-order valence-electron chi connectivity index (χ4n) is 4.84. The molecule has 1 aliphatic heterocycles. The molecule has 2 bridgehead atoms. The van der Waals surface area contributed by atoms with Crippen LogP contribution in [0.5, 0.6) is 5.75 Å². The molecule has 1 saturated carbocycles. The molecule has 0 aromatic heterocycles. The Labute approximate surface area is 196 Å². The average Bonchev–Trinajstić information content (AvgIpc) is 3.52. The summed E-state index contributed by atoms with van der Waals surface area (Å²) in [7, 11) is 0. The van der Waals surface area contributed by atoms with E-state index in [1.807, 2.05) is 12.2 Å². The van der Waals surface area contributed by atoms with E-state index in [0.29, 0.717) is 0 Å². The van der Waals surface area contributed by atoms with Crippen LogP contribution in [-0.2, 0) is 9.59 Å². The minimum Gasteiger partial charge on any atom is -0.422 e. The Hall–Kier alpha value is -4.74. The summed E-state index contributed by atoms with van der Waals surface area (Å²) in [6.45, 7) is 0. The maximum absolute atomic E-state index is 12.8. The van der Waals surface area contributed by atoms with Crippen molar-refractivity contribution in [1.82, 2.24) is 5.01 Å². The van der Waals surface area contributed by atoms with Gasteiger partial charge in [0.05, 0.1) is 33.5 Å². The van der Waals surface area contributed by atoms with Gasteiger partial charge in [-0.1, -0.05) is 12.2 Å². The lowest BCUT2D eigenvalue weighted by molar-refractivity contribution is -0.385. The second-order valence-corrected chi connectivity index (χ2v) is 8.41. The van der Waals surface area contributed by atoms with Gasteiger partial charge in [-0.3, -0.25) is 29.8 Å². The first kappa shape index (κ1) is 22.1. The van der Waals surface area contributed by atoms with Crippen molar-refractivity contribution >= 4 is 35.4 Å². The summed E-state index contributed by atoms with van der Waals surface area (Å²) in [6.07, 6.45) is 5.72. The van der Waals surface area contributed by atoms with Gasteiger partial charge in [-0.05, 0) is 36.5 Å². The smallest absolute Gasteiger partial charge is 0.343 e. The third-order valence-corrected chi connectivity index (χ3v) is 6.48. The summed E-state index contributed by atoms with van der Waals surface area (Å²) in [4.78, 5) is 59.0. The summed E-state index contributed by atoms with van der Waals surface area (Å²) < 4.78 is 5.33. The number of hydrogen-bond acceptors (Lipinski definition) is 9. The van der Waals surface area contributed by atoms with E-state index >= 15 is 0 Å². The molecule has 4 atom stereocenters. The molecule has 2 aliphatic carbocycles. The molecule has 176 valence electrons. The summed E-state index contributed by atoms with van der Waals surface area (Å²) in [5.41, 5.74) is -0.524. The number of ether oxygens (including phenoxy) is 1. The first-order valence-electron chi connectivity index (χ1n) is 10.6. The maximum Gasteiger partial charge on any atom is 0.343 e. The fourth-order valence-corrected chi connectivity index (χ4v) is 4.84. The topological polar surface area (TPSA) is 162 Å². The van der Waals surface area contributed by atoms with Gasteiger partial charge in [-0.15, -0.1) is 0 Å². The first-order chi connectivity index (χ1) is 16.7. The summed E-state index contributed by atoms with van der Waals surface area (Å²) >= 11 is 0. The van der Waals surface area contributed by atoms with Gasteiger partial charge in [0.25, 0.3) is 23.2 Å². The molecule has 1 heterocycles. The van der Waals surface area contributed by atoms with Crippen molar-refractivity contribution in [1.29, 1.82) is 0 Å². The Morgan fingerprint density at radius 1 is 0.943 bits per heavy atom. The van der Waals surface area contributed by atoms with Crippen molar-refractivity contribution in [3.05, 3.63) is 86.0 Å². The molecule has 0 N–H and O–H groups in total. The second-order valence-electron chi connectivity index (χ2n) is 8.41. The van der Waals surface area contributed by atoms with Gasteiger partial charge in [0.15, 0.2) is 0 Å². The number of carbonyl (C=O) groups is 3. The third-order valence-electron chi connectivity index (χ3n) is 6.48. The molecule has 12 heteroatoms. The zero-order valence-corrected chi connectivity index (χ0v) is 17.8. The van der Waals surface area contributed by atoms with Crippen molar-refractivity contribution < 1.29 is 29.0 Å². The van der Waals surface area contributed by atoms with Crippen LogP contribution < -0.4 is 4.74 Å². The predicted octanol–water partition coefficient (Wildman–Crippen LogP) is 2.86. The summed E-state index contributed by atoms with van der Waals surface area (Å²) in [5.74, 6) is -2.75. The highest BCUT2D eigenvalue weighted by molar-refractivity contribution is 6.07. The number of amides is 2. The lowest BCUT2D eigenvalue weighted by Crippen LogP contribution is -2.28. The van der Waals surface area contributed by atoms with Gasteiger partial charge in [0.2, 0.25) is 0 Å². The number of hydrazone groups is 1. The quantitative estimate of drug-likeness (QED) is 0.117. The molecular weight excluding hydrogens is 460 g/mol. The van der Waals surface area contributed by atoms with E-state index in [0.717, 1.165) is 41.9 Å². The number of allylic oxidation sites excluding steroid dienone is 2. The van der Waals surface area contributed by atoms with Crippen LogP contribution in [0.2, 0.25) is 0 Å². The van der Waals surface area contributed by atoms with Gasteiger partial charge in [0, 0.05) is 29.8 Å². The normalized spacial score (nSPS) is 24.3. The number of benzene rings is 2. The number of fused-ring (bicyclic) bond motifs is 5. The Morgan fingerprint density at radius 3 is 2.09 bits per heavy atom. The number of nitrogens with zero attached hydrogens (tertiary/aromatic N) is 4. The molecule has 0 spiro atoms. The number of non-ortho nitro benzene ring substituents is 2. The SMILES string of the molecule is O=C(Oc1ccc([N+](=O)[O-])cc1C=NN1C(=O)[C@@H]2[C@H](C1=O)[C@H]1C=C[C@H]2C1)c1ccc([N+](=O)[O-])cc1. The fraction of sp³-hybridized carbons (Fsp3) is 0.217. The molecule has 2 aromatic carbocycles. The number of nitro groups is 2. The molecule has 35 heavy (non-hydrogen) atoms. The number of imide groups is 1. The van der Waals surface area contributed by atoms with Crippen molar-refractivity contribution in [2.24, 2.45) is 28.8 Å². The summed E-state index contributed by atoms with van der Waals surface area (Å²) in [6, 6.07) is 8.10. The van der Waals surface area contributed by atoms with Crippen LogP contribution in [0.25, 0.3) is 0 Å². The van der Waals surface area contributed by atoms with E-state index in [1.54, 1.807) is 0 Å². The van der Waals surface area contributed by atoms with Crippen LogP contribution in [0.15, 0.2) is 59.7 Å². The van der Waals surface area contributed by atoms with Crippen molar-refractivity contribution in [2.45, 2.75) is 6.42 Å². The molecule has 2 fully saturated rings. The number of carbonyl (C=O) groups excluding carboxylic acids is 3. The van der Waals surface area contributed by atoms with Crippen LogP contribution in [0, 0.1) is 43.9 Å². The van der Waals surface area contributed by atoms with Crippen LogP contribution >= 0.6 is 0 Å². The number of rotatable bonds is 6. The molecule has 3 aliphatic rings. The molecule has 0 unspecified atom stereocenters. The minimum atomic E-state index is -0.867. The minimum absolute atomic E-state index is 0.00215. The molecule has 2 aromatic rings. The van der Waals surface area contributed by atoms with Gasteiger partial charge in [-0.25, -0.2) is 4.79 Å². The van der Waals surface area contributed by atoms with Gasteiger partial charge < -0.3 is 4.74 Å². The summed E-state index contributed by atoms with van der Waals surface area (Å²) in [5, 5.41) is 26.8. The number of esters is 1.